The van der Waals surface area contributed by atoms with E-state index in [9.17, 15) is 4.79 Å². The Kier molecular flexibility index (Phi) is 4.84. The predicted octanol–water partition coefficient (Wildman–Crippen LogP) is 4.07. The van der Waals surface area contributed by atoms with E-state index in [0.717, 1.165) is 0 Å². The van der Waals surface area contributed by atoms with Crippen LogP contribution in [0.4, 0.5) is 0 Å². The molecular weight excluding hydrogens is 324 g/mol. The first-order valence-electron chi connectivity index (χ1n) is 6.34. The molecule has 0 bridgehead atoms. The number of benzene rings is 1. The van der Waals surface area contributed by atoms with E-state index in [0.29, 0.717) is 40.5 Å². The highest BCUT2D eigenvalue weighted by Gasteiger charge is 2.17. The third-order valence-electron chi connectivity index (χ3n) is 2.67. The second-order valence-corrected chi connectivity index (χ2v) is 4.68. The largest absolute Gasteiger partial charge is 0.490 e. The van der Waals surface area contributed by atoms with E-state index in [-0.39, 0.29) is 5.78 Å². The van der Waals surface area contributed by atoms with Crippen LogP contribution in [0.1, 0.15) is 29.8 Å². The van der Waals surface area contributed by atoms with Crippen LogP contribution in [0.25, 0.3) is 0 Å². The summed E-state index contributed by atoms with van der Waals surface area (Å²) in [7, 11) is 0. The number of hydrogen-bond donors (Lipinski definition) is 0. The van der Waals surface area contributed by atoms with Crippen LogP contribution in [0.3, 0.4) is 0 Å². The highest BCUT2D eigenvalue weighted by molar-refractivity contribution is 9.10. The number of halogens is 1. The van der Waals surface area contributed by atoms with E-state index < -0.39 is 0 Å². The Labute approximate surface area is 125 Å². The van der Waals surface area contributed by atoms with Gasteiger partial charge in [-0.2, -0.15) is 0 Å². The fourth-order valence-electron chi connectivity index (χ4n) is 1.80. The molecule has 20 heavy (non-hydrogen) atoms. The van der Waals surface area contributed by atoms with Gasteiger partial charge in [-0.25, -0.2) is 0 Å². The van der Waals surface area contributed by atoms with Crippen LogP contribution in [0.5, 0.6) is 11.5 Å². The van der Waals surface area contributed by atoms with E-state index in [1.54, 1.807) is 24.3 Å². The summed E-state index contributed by atoms with van der Waals surface area (Å²) >= 11 is 3.21. The molecule has 1 aromatic carbocycles. The zero-order chi connectivity index (χ0) is 14.5. The highest BCUT2D eigenvalue weighted by atomic mass is 79.9. The molecule has 0 unspecified atom stereocenters. The lowest BCUT2D eigenvalue weighted by molar-refractivity contribution is 0.103. The van der Waals surface area contributed by atoms with Gasteiger partial charge in [0.15, 0.2) is 22.0 Å². The summed E-state index contributed by atoms with van der Waals surface area (Å²) in [5.74, 6) is 1.08. The number of ketones is 1. The zero-order valence-corrected chi connectivity index (χ0v) is 12.9. The van der Waals surface area contributed by atoms with E-state index in [1.165, 1.54) is 6.26 Å². The zero-order valence-electron chi connectivity index (χ0n) is 11.3. The van der Waals surface area contributed by atoms with E-state index >= 15 is 0 Å². The van der Waals surface area contributed by atoms with Crippen LogP contribution in [0.2, 0.25) is 0 Å². The van der Waals surface area contributed by atoms with Crippen LogP contribution in [0.15, 0.2) is 39.6 Å². The fraction of sp³-hybridized carbons (Fsp3) is 0.267. The number of ether oxygens (including phenoxy) is 2. The van der Waals surface area contributed by atoms with Crippen LogP contribution in [0, 0.1) is 0 Å². The Balaban J connectivity index is 2.35. The molecule has 5 heteroatoms. The lowest BCUT2D eigenvalue weighted by Gasteiger charge is -2.11. The van der Waals surface area contributed by atoms with Gasteiger partial charge in [0, 0.05) is 5.56 Å². The molecule has 4 nitrogen and oxygen atoms in total. The first-order valence-corrected chi connectivity index (χ1v) is 7.14. The summed E-state index contributed by atoms with van der Waals surface area (Å²) in [5, 5.41) is 0. The van der Waals surface area contributed by atoms with Gasteiger partial charge in [-0.15, -0.1) is 0 Å². The summed E-state index contributed by atoms with van der Waals surface area (Å²) in [6.45, 7) is 4.84. The van der Waals surface area contributed by atoms with Crippen LogP contribution < -0.4 is 9.47 Å². The first-order chi connectivity index (χ1) is 9.67. The summed E-state index contributed by atoms with van der Waals surface area (Å²) in [6, 6.07) is 6.78. The Morgan fingerprint density at radius 2 is 1.85 bits per heavy atom. The standard InChI is InChI=1S/C15H15BrO4/c1-3-18-12-6-5-10(9-13(12)19-4-2)14(17)11-7-8-20-15(11)16/h5-9H,3-4H2,1-2H3. The molecule has 2 rings (SSSR count). The van der Waals surface area contributed by atoms with E-state index in [2.05, 4.69) is 15.9 Å². The second kappa shape index (κ2) is 6.61. The Hall–Kier alpha value is -1.75. The third kappa shape index (κ3) is 3.04. The maximum absolute atomic E-state index is 12.4. The fourth-order valence-corrected chi connectivity index (χ4v) is 2.22. The average Bonchev–Trinajstić information content (AvgIpc) is 2.86. The van der Waals surface area contributed by atoms with Crippen molar-refractivity contribution in [2.75, 3.05) is 13.2 Å². The predicted molar refractivity (Wildman–Crippen MR) is 78.6 cm³/mol. The molecule has 0 saturated heterocycles. The van der Waals surface area contributed by atoms with E-state index in [4.69, 9.17) is 13.9 Å². The molecule has 0 aliphatic heterocycles. The van der Waals surface area contributed by atoms with Crippen molar-refractivity contribution in [3.63, 3.8) is 0 Å². The van der Waals surface area contributed by atoms with Gasteiger partial charge in [0.05, 0.1) is 25.0 Å². The van der Waals surface area contributed by atoms with Crippen molar-refractivity contribution in [1.82, 2.24) is 0 Å². The van der Waals surface area contributed by atoms with Crippen molar-refractivity contribution >= 4 is 21.7 Å². The van der Waals surface area contributed by atoms with Gasteiger partial charge in [0.1, 0.15) is 0 Å². The van der Waals surface area contributed by atoms with Crippen molar-refractivity contribution in [3.8, 4) is 11.5 Å². The molecule has 106 valence electrons. The Bertz CT molecular complexity index is 604. The minimum Gasteiger partial charge on any atom is -0.490 e. The van der Waals surface area contributed by atoms with Gasteiger partial charge in [0.25, 0.3) is 0 Å². The smallest absolute Gasteiger partial charge is 0.197 e. The van der Waals surface area contributed by atoms with Gasteiger partial charge >= 0.3 is 0 Å². The lowest BCUT2D eigenvalue weighted by Crippen LogP contribution is -2.04. The van der Waals surface area contributed by atoms with Crippen molar-refractivity contribution in [3.05, 3.63) is 46.3 Å². The van der Waals surface area contributed by atoms with Crippen molar-refractivity contribution in [1.29, 1.82) is 0 Å². The van der Waals surface area contributed by atoms with Crippen molar-refractivity contribution in [2.24, 2.45) is 0 Å². The molecule has 0 aliphatic rings. The monoisotopic (exact) mass is 338 g/mol. The van der Waals surface area contributed by atoms with Crippen LogP contribution >= 0.6 is 15.9 Å². The molecule has 1 aromatic heterocycles. The molecule has 0 atom stereocenters. The number of carbonyl (C=O) groups is 1. The molecule has 0 N–H and O–H groups in total. The Morgan fingerprint density at radius 3 is 2.45 bits per heavy atom. The first kappa shape index (κ1) is 14.7. The second-order valence-electron chi connectivity index (χ2n) is 3.96. The summed E-state index contributed by atoms with van der Waals surface area (Å²) in [5.41, 5.74) is 1.01. The number of hydrogen-bond acceptors (Lipinski definition) is 4. The topological polar surface area (TPSA) is 48.7 Å². The quantitative estimate of drug-likeness (QED) is 0.745. The van der Waals surface area contributed by atoms with Gasteiger partial charge in [-0.1, -0.05) is 0 Å². The summed E-state index contributed by atoms with van der Waals surface area (Å²) in [4.78, 5) is 12.4. The van der Waals surface area contributed by atoms with Gasteiger partial charge in [-0.3, -0.25) is 4.79 Å². The van der Waals surface area contributed by atoms with Crippen molar-refractivity contribution in [2.45, 2.75) is 13.8 Å². The molecule has 0 amide bonds. The minimum absolute atomic E-state index is 0.130. The maximum atomic E-state index is 12.4. The van der Waals surface area contributed by atoms with Gasteiger partial charge in [-0.05, 0) is 54.0 Å². The Morgan fingerprint density at radius 1 is 1.15 bits per heavy atom. The van der Waals surface area contributed by atoms with Crippen LogP contribution in [-0.2, 0) is 0 Å². The van der Waals surface area contributed by atoms with Gasteiger partial charge in [0.2, 0.25) is 0 Å². The lowest BCUT2D eigenvalue weighted by atomic mass is 10.1. The molecule has 1 heterocycles. The molecule has 0 saturated carbocycles. The third-order valence-corrected chi connectivity index (χ3v) is 3.28. The normalized spacial score (nSPS) is 10.3. The van der Waals surface area contributed by atoms with Gasteiger partial charge < -0.3 is 13.9 Å². The highest BCUT2D eigenvalue weighted by Crippen LogP contribution is 2.30. The SMILES string of the molecule is CCOc1ccc(C(=O)c2ccoc2Br)cc1OCC. The number of carbonyl (C=O) groups excluding carboxylic acids is 1. The summed E-state index contributed by atoms with van der Waals surface area (Å²) < 4.78 is 16.5. The molecule has 0 spiro atoms. The maximum Gasteiger partial charge on any atom is 0.197 e. The van der Waals surface area contributed by atoms with Crippen LogP contribution in [-0.4, -0.2) is 19.0 Å². The molecule has 0 fully saturated rings. The minimum atomic E-state index is -0.130. The molecular formula is C15H15BrO4. The summed E-state index contributed by atoms with van der Waals surface area (Å²) in [6.07, 6.45) is 1.47. The van der Waals surface area contributed by atoms with Crippen molar-refractivity contribution < 1.29 is 18.7 Å². The number of furan rings is 1. The number of rotatable bonds is 6. The molecule has 0 radical (unpaired) electrons. The molecule has 2 aromatic rings. The van der Waals surface area contributed by atoms with E-state index in [1.807, 2.05) is 13.8 Å². The molecule has 0 aliphatic carbocycles. The average molecular weight is 339 g/mol.